The van der Waals surface area contributed by atoms with Gasteiger partial charge in [-0.05, 0) is 59.6 Å². The summed E-state index contributed by atoms with van der Waals surface area (Å²) in [6.07, 6.45) is 2.31. The van der Waals surface area contributed by atoms with Crippen LogP contribution in [-0.2, 0) is 0 Å². The lowest BCUT2D eigenvalue weighted by Gasteiger charge is -2.33. The first-order chi connectivity index (χ1) is 17.0. The van der Waals surface area contributed by atoms with Crippen LogP contribution < -0.4 is 0 Å². The lowest BCUT2D eigenvalue weighted by atomic mass is 9.81. The fraction of sp³-hybridized carbons (Fsp3) is 0.259. The van der Waals surface area contributed by atoms with Crippen molar-refractivity contribution in [1.29, 1.82) is 5.26 Å². The van der Waals surface area contributed by atoms with Crippen LogP contribution in [0.4, 0.5) is 4.39 Å². The minimum atomic E-state index is -0.441. The Bertz CT molecular complexity index is 1340. The third kappa shape index (κ3) is 5.67. The van der Waals surface area contributed by atoms with Gasteiger partial charge in [-0.3, -0.25) is 0 Å². The highest BCUT2D eigenvalue weighted by atomic mass is 127. The number of hydrogen-bond donors (Lipinski definition) is 1. The molecule has 1 unspecified atom stereocenters. The van der Waals surface area contributed by atoms with E-state index in [1.807, 2.05) is 24.3 Å². The van der Waals surface area contributed by atoms with E-state index in [0.717, 1.165) is 48.0 Å². The molecule has 1 aliphatic heterocycles. The zero-order chi connectivity index (χ0) is 24.4. The maximum Gasteiger partial charge on any atom is 0.166 e. The molecule has 0 amide bonds. The number of halogens is 3. The minimum absolute atomic E-state index is 0.0874. The van der Waals surface area contributed by atoms with Gasteiger partial charge in [0.15, 0.2) is 5.16 Å². The highest BCUT2D eigenvalue weighted by Gasteiger charge is 2.27. The summed E-state index contributed by atoms with van der Waals surface area (Å²) in [7, 11) is 0. The summed E-state index contributed by atoms with van der Waals surface area (Å²) >= 11 is 10.0. The highest BCUT2D eigenvalue weighted by Crippen LogP contribution is 2.38. The Hall–Kier alpha value is -2.12. The Labute approximate surface area is 227 Å². The summed E-state index contributed by atoms with van der Waals surface area (Å²) < 4.78 is 16.2. The van der Waals surface area contributed by atoms with Crippen molar-refractivity contribution in [3.8, 4) is 17.2 Å². The van der Waals surface area contributed by atoms with E-state index in [1.54, 1.807) is 17.8 Å². The van der Waals surface area contributed by atoms with E-state index in [9.17, 15) is 9.65 Å². The number of nitrogens with zero attached hydrogens (tertiary/aromatic N) is 3. The lowest BCUT2D eigenvalue weighted by Crippen LogP contribution is -2.30. The number of aromatic amines is 1. The first-order valence-electron chi connectivity index (χ1n) is 11.5. The number of aromatic nitrogens is 2. The molecule has 1 fully saturated rings. The van der Waals surface area contributed by atoms with Crippen LogP contribution in [-0.4, -0.2) is 31.9 Å². The number of rotatable bonds is 6. The van der Waals surface area contributed by atoms with Crippen molar-refractivity contribution in [2.24, 2.45) is 5.92 Å². The molecule has 1 aliphatic rings. The van der Waals surface area contributed by atoms with Crippen LogP contribution >= 0.6 is 46.2 Å². The van der Waals surface area contributed by atoms with Gasteiger partial charge < -0.3 is 4.98 Å². The van der Waals surface area contributed by atoms with Crippen molar-refractivity contribution in [3.05, 3.63) is 82.6 Å². The summed E-state index contributed by atoms with van der Waals surface area (Å²) in [6, 6.07) is 21.7. The molecule has 178 valence electrons. The smallest absolute Gasteiger partial charge is 0.166 e. The third-order valence-corrected chi connectivity index (χ3v) is 8.87. The van der Waals surface area contributed by atoms with Crippen molar-refractivity contribution in [2.75, 3.05) is 18.8 Å². The monoisotopic (exact) mass is 616 g/mol. The van der Waals surface area contributed by atoms with E-state index in [2.05, 4.69) is 66.3 Å². The van der Waals surface area contributed by atoms with Crippen LogP contribution in [0.2, 0.25) is 5.02 Å². The number of nitriles is 1. The number of thioether (sulfide) groups is 1. The highest BCUT2D eigenvalue weighted by molar-refractivity contribution is 14.1. The average molecular weight is 617 g/mol. The lowest BCUT2D eigenvalue weighted by molar-refractivity contribution is 0.280. The van der Waals surface area contributed by atoms with Gasteiger partial charge in [-0.2, -0.15) is 5.26 Å². The predicted octanol–water partition coefficient (Wildman–Crippen LogP) is 7.83. The quantitative estimate of drug-likeness (QED) is 0.136. The Kier molecular flexibility index (Phi) is 7.63. The molecule has 0 radical (unpaired) electrons. The van der Waals surface area contributed by atoms with Gasteiger partial charge in [0.2, 0.25) is 0 Å². The summed E-state index contributed by atoms with van der Waals surface area (Å²) in [6.45, 7) is 2.18. The van der Waals surface area contributed by atoms with Gasteiger partial charge >= 0.3 is 0 Å². The molecule has 1 saturated heterocycles. The third-order valence-electron chi connectivity index (χ3n) is 6.62. The van der Waals surface area contributed by atoms with Crippen molar-refractivity contribution < 1.29 is 4.39 Å². The maximum atomic E-state index is 13.9. The predicted molar refractivity (Wildman–Crippen MR) is 149 cm³/mol. The van der Waals surface area contributed by atoms with Crippen LogP contribution in [0.3, 0.4) is 0 Å². The molecule has 35 heavy (non-hydrogen) atoms. The molecule has 8 heteroatoms. The number of nitrogens with one attached hydrogen (secondary N) is 1. The molecule has 0 aliphatic carbocycles. The first-order valence-corrected chi connectivity index (χ1v) is 13.8. The van der Waals surface area contributed by atoms with Crippen molar-refractivity contribution in [3.63, 3.8) is 0 Å². The molecule has 3 aromatic carbocycles. The summed E-state index contributed by atoms with van der Waals surface area (Å²) in [4.78, 5) is 7.87. The maximum absolute atomic E-state index is 13.9. The normalized spacial score (nSPS) is 15.8. The van der Waals surface area contributed by atoms with Gasteiger partial charge in [-0.15, -0.1) is 0 Å². The second-order valence-electron chi connectivity index (χ2n) is 8.80. The largest absolute Gasteiger partial charge is 0.333 e. The molecule has 5 rings (SSSR count). The van der Waals surface area contributed by atoms with Gasteiger partial charge in [-0.25, -0.2) is 12.5 Å². The van der Waals surface area contributed by atoms with Crippen LogP contribution in [0.5, 0.6) is 0 Å². The van der Waals surface area contributed by atoms with Crippen LogP contribution in [0, 0.1) is 23.1 Å². The van der Waals surface area contributed by atoms with E-state index in [-0.39, 0.29) is 5.02 Å². The minimum Gasteiger partial charge on any atom is -0.333 e. The van der Waals surface area contributed by atoms with E-state index in [4.69, 9.17) is 11.6 Å². The van der Waals surface area contributed by atoms with Crippen LogP contribution in [0.25, 0.3) is 22.2 Å². The number of piperidine rings is 1. The van der Waals surface area contributed by atoms with Gasteiger partial charge in [0.25, 0.3) is 0 Å². The Morgan fingerprint density at radius 3 is 2.66 bits per heavy atom. The zero-order valence-electron chi connectivity index (χ0n) is 18.8. The van der Waals surface area contributed by atoms with Crippen LogP contribution in [0.1, 0.15) is 29.9 Å². The molecule has 4 nitrogen and oxygen atoms in total. The molecule has 4 aromatic rings. The molecule has 0 bridgehead atoms. The second-order valence-corrected chi connectivity index (χ2v) is 11.6. The van der Waals surface area contributed by atoms with Gasteiger partial charge in [0.05, 0.1) is 27.7 Å². The van der Waals surface area contributed by atoms with Gasteiger partial charge in [-0.1, -0.05) is 59.8 Å². The topological polar surface area (TPSA) is 55.7 Å². The van der Waals surface area contributed by atoms with Crippen molar-refractivity contribution >= 4 is 57.3 Å². The standard InChI is InChI=1S/C27H23ClFIN4S/c28-23-13-25-26(14-24(23)29)33-27(32-25)35-16-22(20-8-10-34(30)11-9-20)19-6-4-18(5-7-19)21-3-1-2-17(12-21)15-31/h1-7,12-14,20,22H,8-11,16H2,(H,32,33). The SMILES string of the molecule is N#Cc1cccc(-c2ccc(C(CSc3nc4cc(Cl)c(F)cc4[nH]3)C3CCN(I)CC3)cc2)c1. The number of benzene rings is 3. The van der Waals surface area contributed by atoms with E-state index in [0.29, 0.717) is 28.4 Å². The number of hydrogen-bond acceptors (Lipinski definition) is 4. The Morgan fingerprint density at radius 1 is 1.14 bits per heavy atom. The van der Waals surface area contributed by atoms with Gasteiger partial charge in [0.1, 0.15) is 5.82 Å². The number of H-pyrrole nitrogens is 1. The van der Waals surface area contributed by atoms with Crippen molar-refractivity contribution in [2.45, 2.75) is 23.9 Å². The average Bonchev–Trinajstić information content (AvgIpc) is 3.27. The molecule has 0 spiro atoms. The van der Waals surface area contributed by atoms with Crippen LogP contribution in [0.15, 0.2) is 65.8 Å². The summed E-state index contributed by atoms with van der Waals surface area (Å²) in [5.74, 6) is 1.39. The molecule has 1 N–H and O–H groups in total. The van der Waals surface area contributed by atoms with Gasteiger partial charge in [0, 0.05) is 47.8 Å². The summed E-state index contributed by atoms with van der Waals surface area (Å²) in [5, 5.41) is 10.1. The fourth-order valence-corrected chi connectivity index (χ4v) is 6.55. The molecular formula is C27H23ClFIN4S. The second kappa shape index (κ2) is 10.9. The molecule has 1 atom stereocenters. The Balaban J connectivity index is 1.38. The first kappa shape index (κ1) is 24.6. The van der Waals surface area contributed by atoms with Crippen molar-refractivity contribution in [1.82, 2.24) is 13.1 Å². The van der Waals surface area contributed by atoms with E-state index < -0.39 is 5.82 Å². The summed E-state index contributed by atoms with van der Waals surface area (Å²) in [5.41, 5.74) is 5.47. The molecular weight excluding hydrogens is 594 g/mol. The number of imidazole rings is 1. The molecule has 0 saturated carbocycles. The van der Waals surface area contributed by atoms with E-state index >= 15 is 0 Å². The molecule has 1 aromatic heterocycles. The number of fused-ring (bicyclic) bond motifs is 1. The zero-order valence-corrected chi connectivity index (χ0v) is 22.6. The Morgan fingerprint density at radius 2 is 1.91 bits per heavy atom. The molecule has 2 heterocycles. The van der Waals surface area contributed by atoms with E-state index in [1.165, 1.54) is 11.6 Å². The fourth-order valence-electron chi connectivity index (χ4n) is 4.68.